The third kappa shape index (κ3) is 1.79. The van der Waals surface area contributed by atoms with Gasteiger partial charge in [-0.2, -0.15) is 0 Å². The average molecular weight is 214 g/mol. The Labute approximate surface area is 88.0 Å². The molecule has 0 radical (unpaired) electrons. The molecule has 1 aromatic carbocycles. The molecular formula is C10H12ClNO2. The van der Waals surface area contributed by atoms with Crippen molar-refractivity contribution in [3.8, 4) is 11.5 Å². The molecule has 0 amide bonds. The Kier molecular flexibility index (Phi) is 2.79. The van der Waals surface area contributed by atoms with Crippen LogP contribution in [0.1, 0.15) is 12.5 Å². The first-order valence-corrected chi connectivity index (χ1v) is 4.98. The molecule has 1 heterocycles. The highest BCUT2D eigenvalue weighted by atomic mass is 35.5. The minimum Gasteiger partial charge on any atom is -0.454 e. The summed E-state index contributed by atoms with van der Waals surface area (Å²) in [6.07, 6.45) is 0. The molecule has 0 fully saturated rings. The summed E-state index contributed by atoms with van der Waals surface area (Å²) in [4.78, 5) is 0. The van der Waals surface area contributed by atoms with E-state index in [-0.39, 0.29) is 6.79 Å². The van der Waals surface area contributed by atoms with Crippen molar-refractivity contribution in [2.45, 2.75) is 13.5 Å². The second kappa shape index (κ2) is 4.07. The molecule has 0 spiro atoms. The fourth-order valence-corrected chi connectivity index (χ4v) is 1.68. The molecule has 1 aliphatic heterocycles. The molecule has 0 atom stereocenters. The van der Waals surface area contributed by atoms with E-state index in [0.717, 1.165) is 24.4 Å². The Balaban J connectivity index is 2.23. The van der Waals surface area contributed by atoms with Crippen molar-refractivity contribution in [3.05, 3.63) is 22.7 Å². The van der Waals surface area contributed by atoms with Crippen molar-refractivity contribution >= 4 is 11.6 Å². The first-order valence-electron chi connectivity index (χ1n) is 4.60. The van der Waals surface area contributed by atoms with E-state index >= 15 is 0 Å². The number of nitrogens with one attached hydrogen (secondary N) is 1. The van der Waals surface area contributed by atoms with Gasteiger partial charge < -0.3 is 14.8 Å². The molecule has 76 valence electrons. The van der Waals surface area contributed by atoms with Gasteiger partial charge in [0.05, 0.1) is 5.02 Å². The normalized spacial score (nSPS) is 13.3. The maximum atomic E-state index is 6.02. The monoisotopic (exact) mass is 213 g/mol. The number of rotatable bonds is 3. The lowest BCUT2D eigenvalue weighted by atomic mass is 10.2. The van der Waals surface area contributed by atoms with E-state index in [1.165, 1.54) is 0 Å². The van der Waals surface area contributed by atoms with E-state index in [1.54, 1.807) is 0 Å². The summed E-state index contributed by atoms with van der Waals surface area (Å²) >= 11 is 6.02. The van der Waals surface area contributed by atoms with Crippen LogP contribution in [0.15, 0.2) is 12.1 Å². The van der Waals surface area contributed by atoms with Crippen LogP contribution in [0.2, 0.25) is 5.02 Å². The van der Waals surface area contributed by atoms with Crippen molar-refractivity contribution < 1.29 is 9.47 Å². The zero-order chi connectivity index (χ0) is 9.97. The van der Waals surface area contributed by atoms with Gasteiger partial charge >= 0.3 is 0 Å². The molecule has 1 N–H and O–H groups in total. The number of halogens is 1. The van der Waals surface area contributed by atoms with Crippen molar-refractivity contribution in [3.63, 3.8) is 0 Å². The number of ether oxygens (including phenoxy) is 2. The number of hydrogen-bond donors (Lipinski definition) is 1. The molecule has 0 aromatic heterocycles. The van der Waals surface area contributed by atoms with Gasteiger partial charge in [0.2, 0.25) is 6.79 Å². The minimum absolute atomic E-state index is 0.264. The minimum atomic E-state index is 0.264. The molecule has 4 heteroatoms. The summed E-state index contributed by atoms with van der Waals surface area (Å²) in [5.41, 5.74) is 1.11. The van der Waals surface area contributed by atoms with Crippen LogP contribution in [0.3, 0.4) is 0 Å². The molecule has 14 heavy (non-hydrogen) atoms. The summed E-state index contributed by atoms with van der Waals surface area (Å²) in [6.45, 7) is 4.06. The zero-order valence-corrected chi connectivity index (χ0v) is 8.73. The van der Waals surface area contributed by atoms with Gasteiger partial charge in [-0.1, -0.05) is 18.5 Å². The van der Waals surface area contributed by atoms with Gasteiger partial charge in [0, 0.05) is 6.54 Å². The van der Waals surface area contributed by atoms with Gasteiger partial charge in [-0.05, 0) is 24.2 Å². The van der Waals surface area contributed by atoms with Gasteiger partial charge in [0.15, 0.2) is 11.5 Å². The summed E-state index contributed by atoms with van der Waals surface area (Å²) < 4.78 is 10.5. The summed E-state index contributed by atoms with van der Waals surface area (Å²) in [5, 5.41) is 3.85. The smallest absolute Gasteiger partial charge is 0.231 e. The second-order valence-electron chi connectivity index (χ2n) is 3.09. The topological polar surface area (TPSA) is 30.5 Å². The van der Waals surface area contributed by atoms with Crippen LogP contribution in [0.25, 0.3) is 0 Å². The first-order chi connectivity index (χ1) is 6.81. The Morgan fingerprint density at radius 3 is 3.07 bits per heavy atom. The first kappa shape index (κ1) is 9.62. The fraction of sp³-hybridized carbons (Fsp3) is 0.400. The summed E-state index contributed by atoms with van der Waals surface area (Å²) in [6, 6.07) is 3.86. The Morgan fingerprint density at radius 2 is 2.29 bits per heavy atom. The van der Waals surface area contributed by atoms with Crippen molar-refractivity contribution in [1.29, 1.82) is 0 Å². The molecule has 2 rings (SSSR count). The number of benzene rings is 1. The summed E-state index contributed by atoms with van der Waals surface area (Å²) in [5.74, 6) is 1.40. The highest BCUT2D eigenvalue weighted by Gasteiger charge is 2.17. The van der Waals surface area contributed by atoms with Crippen LogP contribution < -0.4 is 14.8 Å². The second-order valence-corrected chi connectivity index (χ2v) is 3.50. The molecular weight excluding hydrogens is 202 g/mol. The van der Waals surface area contributed by atoms with E-state index in [4.69, 9.17) is 21.1 Å². The summed E-state index contributed by atoms with van der Waals surface area (Å²) in [7, 11) is 0. The van der Waals surface area contributed by atoms with Gasteiger partial charge in [0.1, 0.15) is 0 Å². The van der Waals surface area contributed by atoms with Crippen LogP contribution >= 0.6 is 11.6 Å². The van der Waals surface area contributed by atoms with Gasteiger partial charge in [-0.25, -0.2) is 0 Å². The van der Waals surface area contributed by atoms with Crippen molar-refractivity contribution in [2.24, 2.45) is 0 Å². The van der Waals surface area contributed by atoms with Crippen LogP contribution in [0.4, 0.5) is 0 Å². The highest BCUT2D eigenvalue weighted by Crippen LogP contribution is 2.39. The van der Waals surface area contributed by atoms with Crippen molar-refractivity contribution in [1.82, 2.24) is 5.32 Å². The fourth-order valence-electron chi connectivity index (χ4n) is 1.39. The Morgan fingerprint density at radius 1 is 1.43 bits per heavy atom. The Hall–Kier alpha value is -0.930. The van der Waals surface area contributed by atoms with Gasteiger partial charge in [-0.3, -0.25) is 0 Å². The van der Waals surface area contributed by atoms with Crippen LogP contribution in [0.5, 0.6) is 11.5 Å². The van der Waals surface area contributed by atoms with E-state index < -0.39 is 0 Å². The lowest BCUT2D eigenvalue weighted by Crippen LogP contribution is -2.11. The Bertz CT molecular complexity index is 341. The molecule has 0 bridgehead atoms. The SMILES string of the molecule is CCNCc1cc(Cl)c2c(c1)OCO2. The van der Waals surface area contributed by atoms with E-state index in [0.29, 0.717) is 10.8 Å². The number of fused-ring (bicyclic) bond motifs is 1. The lowest BCUT2D eigenvalue weighted by Gasteiger charge is -2.05. The largest absolute Gasteiger partial charge is 0.454 e. The maximum absolute atomic E-state index is 6.02. The molecule has 0 saturated carbocycles. The third-order valence-corrected chi connectivity index (χ3v) is 2.35. The molecule has 0 unspecified atom stereocenters. The quantitative estimate of drug-likeness (QED) is 0.835. The van der Waals surface area contributed by atoms with E-state index in [1.807, 2.05) is 12.1 Å². The van der Waals surface area contributed by atoms with Gasteiger partial charge in [-0.15, -0.1) is 0 Å². The number of hydrogen-bond acceptors (Lipinski definition) is 3. The van der Waals surface area contributed by atoms with Crippen LogP contribution in [-0.2, 0) is 6.54 Å². The average Bonchev–Trinajstić information content (AvgIpc) is 2.63. The van der Waals surface area contributed by atoms with E-state index in [2.05, 4.69) is 12.2 Å². The maximum Gasteiger partial charge on any atom is 0.231 e. The van der Waals surface area contributed by atoms with E-state index in [9.17, 15) is 0 Å². The predicted molar refractivity (Wildman–Crippen MR) is 55.0 cm³/mol. The molecule has 0 aliphatic carbocycles. The predicted octanol–water partition coefficient (Wildman–Crippen LogP) is 2.18. The molecule has 0 saturated heterocycles. The lowest BCUT2D eigenvalue weighted by molar-refractivity contribution is 0.174. The standard InChI is InChI=1S/C10H12ClNO2/c1-2-12-5-7-3-8(11)10-9(4-7)13-6-14-10/h3-4,12H,2,5-6H2,1H3. The third-order valence-electron chi connectivity index (χ3n) is 2.07. The van der Waals surface area contributed by atoms with Gasteiger partial charge in [0.25, 0.3) is 0 Å². The van der Waals surface area contributed by atoms with Crippen LogP contribution in [-0.4, -0.2) is 13.3 Å². The molecule has 1 aliphatic rings. The molecule has 3 nitrogen and oxygen atoms in total. The molecule has 1 aromatic rings. The van der Waals surface area contributed by atoms with Crippen LogP contribution in [0, 0.1) is 0 Å². The van der Waals surface area contributed by atoms with Crippen molar-refractivity contribution in [2.75, 3.05) is 13.3 Å². The highest BCUT2D eigenvalue weighted by molar-refractivity contribution is 6.32. The zero-order valence-electron chi connectivity index (χ0n) is 7.97.